The van der Waals surface area contributed by atoms with Gasteiger partial charge >= 0.3 is 6.18 Å². The fourth-order valence-electron chi connectivity index (χ4n) is 4.55. The number of ether oxygens (including phenoxy) is 1. The molecule has 0 amide bonds. The van der Waals surface area contributed by atoms with Crippen LogP contribution in [0.3, 0.4) is 0 Å². The highest BCUT2D eigenvalue weighted by molar-refractivity contribution is 7.14. The lowest BCUT2D eigenvalue weighted by Crippen LogP contribution is -2.22. The number of nitrogens with one attached hydrogen (secondary N) is 1. The predicted molar refractivity (Wildman–Crippen MR) is 121 cm³/mol. The fourth-order valence-corrected chi connectivity index (χ4v) is 5.56. The molecule has 3 aromatic rings. The summed E-state index contributed by atoms with van der Waals surface area (Å²) in [5, 5.41) is 13.2. The van der Waals surface area contributed by atoms with Crippen LogP contribution in [0.4, 0.5) is 19.0 Å². The molecule has 1 aliphatic heterocycles. The van der Waals surface area contributed by atoms with E-state index in [0.29, 0.717) is 29.1 Å². The van der Waals surface area contributed by atoms with Gasteiger partial charge in [0.05, 0.1) is 23.2 Å². The Balaban J connectivity index is 1.43. The van der Waals surface area contributed by atoms with E-state index in [0.717, 1.165) is 11.1 Å². The van der Waals surface area contributed by atoms with E-state index in [2.05, 4.69) is 27.2 Å². The van der Waals surface area contributed by atoms with E-state index in [1.54, 1.807) is 13.0 Å². The van der Waals surface area contributed by atoms with Crippen LogP contribution in [0.2, 0.25) is 0 Å². The molecule has 12 heteroatoms. The first-order valence-electron chi connectivity index (χ1n) is 11.1. The topological polar surface area (TPSA) is 102 Å². The average Bonchev–Trinajstić information content (AvgIpc) is 3.50. The molecule has 5 rings (SSSR count). The van der Waals surface area contributed by atoms with Crippen LogP contribution in [0.25, 0.3) is 0 Å². The summed E-state index contributed by atoms with van der Waals surface area (Å²) in [6.07, 6.45) is -0.974. The number of hydrogen-bond acceptors (Lipinski definition) is 8. The Labute approximate surface area is 203 Å². The van der Waals surface area contributed by atoms with E-state index in [1.165, 1.54) is 28.4 Å². The molecular formula is C23H23F3N5O3S. The maximum atomic E-state index is 13.4. The number of halogens is 3. The molecule has 2 aliphatic rings. The van der Waals surface area contributed by atoms with Crippen molar-refractivity contribution < 1.29 is 27.8 Å². The Hall–Kier alpha value is -2.83. The van der Waals surface area contributed by atoms with E-state index in [9.17, 15) is 23.1 Å². The molecule has 8 nitrogen and oxygen atoms in total. The zero-order chi connectivity index (χ0) is 24.9. The van der Waals surface area contributed by atoms with Gasteiger partial charge in [0.1, 0.15) is 24.1 Å². The summed E-state index contributed by atoms with van der Waals surface area (Å²) in [6, 6.07) is 1.57. The monoisotopic (exact) mass is 506 g/mol. The van der Waals surface area contributed by atoms with Crippen LogP contribution >= 0.6 is 11.3 Å². The van der Waals surface area contributed by atoms with Crippen LogP contribution in [0, 0.1) is 19.8 Å². The molecule has 1 radical (unpaired) electrons. The summed E-state index contributed by atoms with van der Waals surface area (Å²) >= 11 is 1.23. The molecule has 2 N–H and O–H groups in total. The number of nitrogens with zero attached hydrogens (tertiary/aromatic N) is 4. The first kappa shape index (κ1) is 23.9. The summed E-state index contributed by atoms with van der Waals surface area (Å²) in [5.74, 6) is 0.115. The molecule has 4 heterocycles. The zero-order valence-corrected chi connectivity index (χ0v) is 19.6. The minimum atomic E-state index is -4.56. The first-order chi connectivity index (χ1) is 16.6. The number of carbonyl (C=O) groups excluding carboxylic acids is 1. The van der Waals surface area contributed by atoms with Crippen molar-refractivity contribution in [2.75, 3.05) is 11.9 Å². The van der Waals surface area contributed by atoms with Crippen LogP contribution < -0.4 is 5.32 Å². The van der Waals surface area contributed by atoms with Crippen LogP contribution in [-0.2, 0) is 17.5 Å². The highest BCUT2D eigenvalue weighted by atomic mass is 32.1. The number of carbonyl (C=O) groups is 1. The minimum Gasteiger partial charge on any atom is -0.393 e. The summed E-state index contributed by atoms with van der Waals surface area (Å²) in [5.41, 5.74) is -0.0950. The summed E-state index contributed by atoms with van der Waals surface area (Å²) in [4.78, 5) is 26.6. The van der Waals surface area contributed by atoms with Gasteiger partial charge < -0.3 is 19.7 Å². The quantitative estimate of drug-likeness (QED) is 0.508. The Morgan fingerprint density at radius 3 is 2.89 bits per heavy atom. The Bertz CT molecular complexity index is 1250. The number of thiophene rings is 1. The first-order valence-corrected chi connectivity index (χ1v) is 11.9. The number of fused-ring (bicyclic) bond motifs is 1. The number of aryl methyl sites for hydroxylation is 1. The van der Waals surface area contributed by atoms with E-state index in [-0.39, 0.29) is 42.3 Å². The van der Waals surface area contributed by atoms with Crippen LogP contribution in [0.1, 0.15) is 56.1 Å². The van der Waals surface area contributed by atoms with Crippen molar-refractivity contribution in [2.45, 2.75) is 50.7 Å². The third-order valence-electron chi connectivity index (χ3n) is 6.37. The molecule has 0 aromatic carbocycles. The second-order valence-corrected chi connectivity index (χ2v) is 10.1. The number of imidazole rings is 1. The van der Waals surface area contributed by atoms with Gasteiger partial charge in [-0.25, -0.2) is 15.0 Å². The van der Waals surface area contributed by atoms with Crippen LogP contribution in [-0.4, -0.2) is 49.2 Å². The largest absolute Gasteiger partial charge is 0.434 e. The molecule has 35 heavy (non-hydrogen) atoms. The second kappa shape index (κ2) is 8.99. The number of ketones is 1. The third kappa shape index (κ3) is 4.57. The van der Waals surface area contributed by atoms with E-state index in [1.807, 2.05) is 0 Å². The zero-order valence-electron chi connectivity index (χ0n) is 18.7. The van der Waals surface area contributed by atoms with Gasteiger partial charge in [-0.1, -0.05) is 0 Å². The van der Waals surface area contributed by atoms with E-state index < -0.39 is 24.1 Å². The van der Waals surface area contributed by atoms with Gasteiger partial charge in [0.25, 0.3) is 0 Å². The Morgan fingerprint density at radius 2 is 2.17 bits per heavy atom. The lowest BCUT2D eigenvalue weighted by Gasteiger charge is -2.24. The predicted octanol–water partition coefficient (Wildman–Crippen LogP) is 3.80. The number of anilines is 1. The van der Waals surface area contributed by atoms with Crippen molar-refractivity contribution >= 4 is 22.9 Å². The fraction of sp³-hybridized carbons (Fsp3) is 0.435. The van der Waals surface area contributed by atoms with Crippen molar-refractivity contribution in [3.63, 3.8) is 0 Å². The van der Waals surface area contributed by atoms with Crippen molar-refractivity contribution in [2.24, 2.45) is 5.92 Å². The highest BCUT2D eigenvalue weighted by Crippen LogP contribution is 2.38. The smallest absolute Gasteiger partial charge is 0.393 e. The van der Waals surface area contributed by atoms with Gasteiger partial charge in [-0.05, 0) is 38.7 Å². The van der Waals surface area contributed by atoms with Gasteiger partial charge in [0.2, 0.25) is 5.78 Å². The van der Waals surface area contributed by atoms with E-state index >= 15 is 0 Å². The van der Waals surface area contributed by atoms with Gasteiger partial charge in [0, 0.05) is 35.4 Å². The number of aliphatic hydroxyl groups excluding tert-OH is 1. The average molecular weight is 507 g/mol. The lowest BCUT2D eigenvalue weighted by molar-refractivity contribution is -0.141. The number of alkyl halides is 3. The standard InChI is InChI=1S/C23H23F3N5O3S/c1-11-5-13(6-16(11)32)29-21-15(8-27-10-28-21)19(33)17-7-14(12(2)35-17)20-22-30-18(23(24,25)26)9-31(22)3-4-34-20/h7-11,13,16,20,32H,1,3-6H2,2H3,(H,27,28,29)/t11-,13-,16+,20-/m1/s1. The molecule has 0 bridgehead atoms. The second-order valence-electron chi connectivity index (χ2n) is 8.80. The van der Waals surface area contributed by atoms with Crippen molar-refractivity contribution in [3.8, 4) is 0 Å². The van der Waals surface area contributed by atoms with E-state index in [4.69, 9.17) is 4.74 Å². The highest BCUT2D eigenvalue weighted by Gasteiger charge is 2.38. The minimum absolute atomic E-state index is 0.0769. The summed E-state index contributed by atoms with van der Waals surface area (Å²) < 4.78 is 46.9. The molecule has 0 spiro atoms. The van der Waals surface area contributed by atoms with Gasteiger partial charge in [0.15, 0.2) is 5.69 Å². The number of aromatic nitrogens is 4. The molecule has 1 saturated carbocycles. The maximum absolute atomic E-state index is 13.4. The number of rotatable bonds is 5. The molecule has 4 atom stereocenters. The normalized spacial score (nSPS) is 24.4. The van der Waals surface area contributed by atoms with Crippen LogP contribution in [0.15, 0.2) is 24.8 Å². The van der Waals surface area contributed by atoms with Crippen molar-refractivity contribution in [3.05, 3.63) is 64.1 Å². The third-order valence-corrected chi connectivity index (χ3v) is 7.43. The Kier molecular flexibility index (Phi) is 6.14. The molecule has 1 aliphatic carbocycles. The molecule has 1 fully saturated rings. The number of aliphatic hydroxyl groups is 1. The summed E-state index contributed by atoms with van der Waals surface area (Å²) in [7, 11) is 0. The maximum Gasteiger partial charge on any atom is 0.434 e. The number of hydrogen-bond donors (Lipinski definition) is 2. The SMILES string of the molecule is [CH2][C@@H]1C[C@@H](Nc2ncncc2C(=O)c2cc([C@H]3OCCn4cc(C(F)(F)F)nc43)c(C)s2)C[C@@H]1O. The lowest BCUT2D eigenvalue weighted by atomic mass is 10.1. The van der Waals surface area contributed by atoms with Crippen molar-refractivity contribution in [1.82, 2.24) is 19.5 Å². The van der Waals surface area contributed by atoms with Crippen molar-refractivity contribution in [1.29, 1.82) is 0 Å². The molecular weight excluding hydrogens is 483 g/mol. The Morgan fingerprint density at radius 1 is 1.37 bits per heavy atom. The summed E-state index contributed by atoms with van der Waals surface area (Å²) in [6.45, 7) is 6.22. The molecule has 0 saturated heterocycles. The van der Waals surface area contributed by atoms with Gasteiger partial charge in [-0.15, -0.1) is 11.3 Å². The van der Waals surface area contributed by atoms with Crippen LogP contribution in [0.5, 0.6) is 0 Å². The molecule has 185 valence electrons. The molecule has 3 aromatic heterocycles. The molecule has 0 unspecified atom stereocenters. The van der Waals surface area contributed by atoms with Gasteiger partial charge in [-0.3, -0.25) is 4.79 Å². The van der Waals surface area contributed by atoms with Gasteiger partial charge in [-0.2, -0.15) is 13.2 Å².